The molecular formula is C14H19NO3. The van der Waals surface area contributed by atoms with Gasteiger partial charge in [-0.25, -0.2) is 0 Å². The highest BCUT2D eigenvalue weighted by Crippen LogP contribution is 2.12. The highest BCUT2D eigenvalue weighted by Gasteiger charge is 2.01. The number of amides is 1. The van der Waals surface area contributed by atoms with Crippen LogP contribution in [0.15, 0.2) is 30.3 Å². The second-order valence-electron chi connectivity index (χ2n) is 3.93. The molecule has 0 heterocycles. The van der Waals surface area contributed by atoms with E-state index in [1.165, 1.54) is 6.08 Å². The second kappa shape index (κ2) is 7.50. The van der Waals surface area contributed by atoms with Crippen molar-refractivity contribution >= 4 is 12.0 Å². The molecule has 98 valence electrons. The minimum Gasteiger partial charge on any atom is -0.494 e. The number of aliphatic hydroxyl groups is 1. The summed E-state index contributed by atoms with van der Waals surface area (Å²) in [5.41, 5.74) is 0.922. The van der Waals surface area contributed by atoms with Gasteiger partial charge in [-0.3, -0.25) is 4.79 Å². The lowest BCUT2D eigenvalue weighted by atomic mass is 10.2. The van der Waals surface area contributed by atoms with E-state index in [1.54, 1.807) is 13.0 Å². The lowest BCUT2D eigenvalue weighted by molar-refractivity contribution is -0.117. The topological polar surface area (TPSA) is 58.6 Å². The van der Waals surface area contributed by atoms with Crippen LogP contribution in [-0.2, 0) is 4.79 Å². The number of nitrogens with one attached hydrogen (secondary N) is 1. The summed E-state index contributed by atoms with van der Waals surface area (Å²) in [5.74, 6) is 0.596. The number of aliphatic hydroxyl groups excluding tert-OH is 1. The standard InChI is InChI=1S/C14H19NO3/c1-3-18-13-7-4-12(5-8-13)6-9-14(17)15-11(2)10-16/h4-9,11,16H,3,10H2,1-2H3,(H,15,17)/b9-6+. The fraction of sp³-hybridized carbons (Fsp3) is 0.357. The van der Waals surface area contributed by atoms with Crippen LogP contribution in [0.4, 0.5) is 0 Å². The van der Waals surface area contributed by atoms with Gasteiger partial charge in [-0.2, -0.15) is 0 Å². The number of ether oxygens (including phenoxy) is 1. The zero-order valence-corrected chi connectivity index (χ0v) is 10.7. The molecule has 0 radical (unpaired) electrons. The summed E-state index contributed by atoms with van der Waals surface area (Å²) in [6, 6.07) is 7.24. The highest BCUT2D eigenvalue weighted by atomic mass is 16.5. The maximum atomic E-state index is 11.4. The third-order valence-corrected chi connectivity index (χ3v) is 2.28. The molecule has 0 spiro atoms. The van der Waals surface area contributed by atoms with Crippen LogP contribution in [0, 0.1) is 0 Å². The molecule has 0 aromatic heterocycles. The number of hydrogen-bond donors (Lipinski definition) is 2. The Hall–Kier alpha value is -1.81. The average Bonchev–Trinajstić information content (AvgIpc) is 2.38. The summed E-state index contributed by atoms with van der Waals surface area (Å²) < 4.78 is 5.32. The van der Waals surface area contributed by atoms with Gasteiger partial charge >= 0.3 is 0 Å². The summed E-state index contributed by atoms with van der Waals surface area (Å²) in [7, 11) is 0. The quantitative estimate of drug-likeness (QED) is 0.753. The van der Waals surface area contributed by atoms with Crippen LogP contribution in [0.3, 0.4) is 0 Å². The summed E-state index contributed by atoms with van der Waals surface area (Å²) in [4.78, 5) is 11.4. The average molecular weight is 249 g/mol. The van der Waals surface area contributed by atoms with Crippen molar-refractivity contribution in [2.75, 3.05) is 13.2 Å². The third-order valence-electron chi connectivity index (χ3n) is 2.28. The van der Waals surface area contributed by atoms with Crippen molar-refractivity contribution in [3.05, 3.63) is 35.9 Å². The number of carbonyl (C=O) groups is 1. The van der Waals surface area contributed by atoms with Crippen molar-refractivity contribution in [3.63, 3.8) is 0 Å². The molecule has 0 aliphatic rings. The van der Waals surface area contributed by atoms with Gasteiger partial charge in [0.15, 0.2) is 0 Å². The predicted octanol–water partition coefficient (Wildman–Crippen LogP) is 1.60. The molecule has 18 heavy (non-hydrogen) atoms. The van der Waals surface area contributed by atoms with E-state index in [4.69, 9.17) is 9.84 Å². The van der Waals surface area contributed by atoms with Crippen LogP contribution in [0.2, 0.25) is 0 Å². The lowest BCUT2D eigenvalue weighted by Gasteiger charge is -2.07. The SMILES string of the molecule is CCOc1ccc(/C=C/C(=O)NC(C)CO)cc1. The molecule has 0 fully saturated rings. The molecule has 1 aromatic carbocycles. The zero-order chi connectivity index (χ0) is 13.4. The number of benzene rings is 1. The van der Waals surface area contributed by atoms with Crippen LogP contribution in [-0.4, -0.2) is 30.3 Å². The van der Waals surface area contributed by atoms with Crippen molar-refractivity contribution < 1.29 is 14.6 Å². The van der Waals surface area contributed by atoms with Gasteiger partial charge in [-0.15, -0.1) is 0 Å². The first-order valence-corrected chi connectivity index (χ1v) is 5.98. The van der Waals surface area contributed by atoms with Crippen LogP contribution in [0.25, 0.3) is 6.08 Å². The molecule has 1 atom stereocenters. The van der Waals surface area contributed by atoms with Gasteiger partial charge in [0.2, 0.25) is 5.91 Å². The highest BCUT2D eigenvalue weighted by molar-refractivity contribution is 5.91. The van der Waals surface area contributed by atoms with Crippen LogP contribution in [0.5, 0.6) is 5.75 Å². The molecule has 0 saturated heterocycles. The Labute approximate surface area is 107 Å². The summed E-state index contributed by atoms with van der Waals surface area (Å²) in [6.07, 6.45) is 3.16. The molecule has 1 rings (SSSR count). The van der Waals surface area contributed by atoms with E-state index in [0.29, 0.717) is 6.61 Å². The van der Waals surface area contributed by atoms with Crippen molar-refractivity contribution in [3.8, 4) is 5.75 Å². The number of hydrogen-bond acceptors (Lipinski definition) is 3. The van der Waals surface area contributed by atoms with E-state index < -0.39 is 0 Å². The molecule has 1 unspecified atom stereocenters. The summed E-state index contributed by atoms with van der Waals surface area (Å²) >= 11 is 0. The second-order valence-corrected chi connectivity index (χ2v) is 3.93. The van der Waals surface area contributed by atoms with E-state index in [2.05, 4.69) is 5.32 Å². The van der Waals surface area contributed by atoms with E-state index in [9.17, 15) is 4.79 Å². The van der Waals surface area contributed by atoms with Crippen molar-refractivity contribution in [1.82, 2.24) is 5.32 Å². The van der Waals surface area contributed by atoms with E-state index in [-0.39, 0.29) is 18.6 Å². The molecule has 1 aromatic rings. The Kier molecular flexibility index (Phi) is 5.94. The van der Waals surface area contributed by atoms with E-state index in [0.717, 1.165) is 11.3 Å². The van der Waals surface area contributed by atoms with Gasteiger partial charge in [0, 0.05) is 12.1 Å². The van der Waals surface area contributed by atoms with E-state index in [1.807, 2.05) is 31.2 Å². The minimum atomic E-state index is -0.234. The van der Waals surface area contributed by atoms with Crippen LogP contribution >= 0.6 is 0 Å². The largest absolute Gasteiger partial charge is 0.494 e. The summed E-state index contributed by atoms with van der Waals surface area (Å²) in [5, 5.41) is 11.4. The first-order chi connectivity index (χ1) is 8.65. The normalized spacial score (nSPS) is 12.4. The monoisotopic (exact) mass is 249 g/mol. The van der Waals surface area contributed by atoms with Crippen LogP contribution < -0.4 is 10.1 Å². The molecular weight excluding hydrogens is 230 g/mol. The van der Waals surface area contributed by atoms with Gasteiger partial charge in [-0.05, 0) is 37.6 Å². The molecule has 0 aliphatic heterocycles. The maximum Gasteiger partial charge on any atom is 0.244 e. The molecule has 0 aliphatic carbocycles. The lowest BCUT2D eigenvalue weighted by Crippen LogP contribution is -2.33. The summed E-state index contributed by atoms with van der Waals surface area (Å²) in [6.45, 7) is 4.24. The first kappa shape index (κ1) is 14.3. The molecule has 1 amide bonds. The van der Waals surface area contributed by atoms with Crippen molar-refractivity contribution in [2.24, 2.45) is 0 Å². The van der Waals surface area contributed by atoms with Gasteiger partial charge in [0.25, 0.3) is 0 Å². The Bertz CT molecular complexity index is 398. The Morgan fingerprint density at radius 2 is 2.11 bits per heavy atom. The Balaban J connectivity index is 2.53. The van der Waals surface area contributed by atoms with Gasteiger partial charge in [0.1, 0.15) is 5.75 Å². The molecule has 0 bridgehead atoms. The van der Waals surface area contributed by atoms with Crippen molar-refractivity contribution in [1.29, 1.82) is 0 Å². The Morgan fingerprint density at radius 1 is 1.44 bits per heavy atom. The van der Waals surface area contributed by atoms with Crippen LogP contribution in [0.1, 0.15) is 19.4 Å². The predicted molar refractivity (Wildman–Crippen MR) is 71.3 cm³/mol. The fourth-order valence-corrected chi connectivity index (χ4v) is 1.35. The molecule has 0 saturated carbocycles. The minimum absolute atomic E-state index is 0.0668. The fourth-order valence-electron chi connectivity index (χ4n) is 1.35. The van der Waals surface area contributed by atoms with Gasteiger partial charge in [0.05, 0.1) is 13.2 Å². The van der Waals surface area contributed by atoms with Gasteiger partial charge < -0.3 is 15.2 Å². The van der Waals surface area contributed by atoms with Crippen molar-refractivity contribution in [2.45, 2.75) is 19.9 Å². The first-order valence-electron chi connectivity index (χ1n) is 5.98. The molecule has 2 N–H and O–H groups in total. The number of carbonyl (C=O) groups excluding carboxylic acids is 1. The van der Waals surface area contributed by atoms with E-state index >= 15 is 0 Å². The zero-order valence-electron chi connectivity index (χ0n) is 10.7. The van der Waals surface area contributed by atoms with Gasteiger partial charge in [-0.1, -0.05) is 12.1 Å². The molecule has 4 nitrogen and oxygen atoms in total. The number of rotatable bonds is 6. The maximum absolute atomic E-state index is 11.4. The Morgan fingerprint density at radius 3 is 2.67 bits per heavy atom. The third kappa shape index (κ3) is 5.01. The smallest absolute Gasteiger partial charge is 0.244 e. The molecule has 4 heteroatoms.